The van der Waals surface area contributed by atoms with Gasteiger partial charge in [-0.3, -0.25) is 9.59 Å². The van der Waals surface area contributed by atoms with Gasteiger partial charge in [-0.05, 0) is 12.1 Å². The topological polar surface area (TPSA) is 49.9 Å². The molecule has 0 spiro atoms. The van der Waals surface area contributed by atoms with Crippen molar-refractivity contribution in [2.24, 2.45) is 0 Å². The minimum absolute atomic E-state index is 0.0706. The van der Waals surface area contributed by atoms with E-state index in [-0.39, 0.29) is 43.3 Å². The van der Waals surface area contributed by atoms with Gasteiger partial charge >= 0.3 is 6.18 Å². The molecule has 2 amide bonds. The molecule has 23 heavy (non-hydrogen) atoms. The maximum Gasteiger partial charge on any atom is 0.417 e. The van der Waals surface area contributed by atoms with Crippen LogP contribution in [0.2, 0.25) is 0 Å². The molecule has 0 N–H and O–H groups in total. The van der Waals surface area contributed by atoms with Crippen molar-refractivity contribution in [2.75, 3.05) is 26.7 Å². The SMILES string of the molecule is CN1C(=O)CO[C@H]2CN(C(=O)c3ccccc3C(F)(F)F)C[C@@H]21. The van der Waals surface area contributed by atoms with Crippen LogP contribution in [0.4, 0.5) is 13.2 Å². The monoisotopic (exact) mass is 328 g/mol. The van der Waals surface area contributed by atoms with Crippen molar-refractivity contribution in [2.45, 2.75) is 18.3 Å². The third-order valence-electron chi connectivity index (χ3n) is 4.30. The van der Waals surface area contributed by atoms with Gasteiger partial charge in [0, 0.05) is 20.1 Å². The predicted octanol–water partition coefficient (Wildman–Crippen LogP) is 1.39. The molecule has 124 valence electrons. The molecule has 8 heteroatoms. The van der Waals surface area contributed by atoms with Gasteiger partial charge in [0.25, 0.3) is 5.91 Å². The molecule has 2 heterocycles. The molecular formula is C15H15F3N2O3. The molecule has 2 fully saturated rings. The number of nitrogens with zero attached hydrogens (tertiary/aromatic N) is 2. The molecule has 3 rings (SSSR count). The fourth-order valence-corrected chi connectivity index (χ4v) is 3.01. The Balaban J connectivity index is 1.85. The second-order valence-corrected chi connectivity index (χ2v) is 5.67. The van der Waals surface area contributed by atoms with Gasteiger partial charge in [-0.2, -0.15) is 13.2 Å². The summed E-state index contributed by atoms with van der Waals surface area (Å²) in [4.78, 5) is 26.9. The van der Waals surface area contributed by atoms with E-state index >= 15 is 0 Å². The average molecular weight is 328 g/mol. The van der Waals surface area contributed by atoms with Crippen LogP contribution in [0.3, 0.4) is 0 Å². The highest BCUT2D eigenvalue weighted by atomic mass is 19.4. The minimum atomic E-state index is -4.60. The van der Waals surface area contributed by atoms with E-state index in [4.69, 9.17) is 4.74 Å². The fraction of sp³-hybridized carbons (Fsp3) is 0.467. The van der Waals surface area contributed by atoms with Crippen LogP contribution >= 0.6 is 0 Å². The molecule has 2 atom stereocenters. The summed E-state index contributed by atoms with van der Waals surface area (Å²) in [7, 11) is 1.61. The number of morpholine rings is 1. The Kier molecular flexibility index (Phi) is 3.79. The number of halogens is 3. The first kappa shape index (κ1) is 15.8. The van der Waals surface area contributed by atoms with Crippen molar-refractivity contribution in [3.05, 3.63) is 35.4 Å². The van der Waals surface area contributed by atoms with Crippen molar-refractivity contribution >= 4 is 11.8 Å². The Hall–Kier alpha value is -2.09. The van der Waals surface area contributed by atoms with E-state index in [0.29, 0.717) is 0 Å². The van der Waals surface area contributed by atoms with Crippen molar-refractivity contribution in [1.82, 2.24) is 9.80 Å². The molecule has 5 nitrogen and oxygen atoms in total. The molecule has 0 saturated carbocycles. The molecule has 2 aliphatic heterocycles. The quantitative estimate of drug-likeness (QED) is 0.783. The number of alkyl halides is 3. The summed E-state index contributed by atoms with van der Waals surface area (Å²) in [6.45, 7) is 0.268. The summed E-state index contributed by atoms with van der Waals surface area (Å²) in [6.07, 6.45) is -4.96. The predicted molar refractivity (Wildman–Crippen MR) is 73.6 cm³/mol. The minimum Gasteiger partial charge on any atom is -0.364 e. The number of amides is 2. The summed E-state index contributed by atoms with van der Waals surface area (Å²) >= 11 is 0. The van der Waals surface area contributed by atoms with E-state index in [2.05, 4.69) is 0 Å². The van der Waals surface area contributed by atoms with Crippen LogP contribution in [-0.4, -0.2) is 60.5 Å². The Labute approximate surface area is 130 Å². The Bertz CT molecular complexity index is 647. The van der Waals surface area contributed by atoms with E-state index in [1.807, 2.05) is 0 Å². The number of hydrogen-bond acceptors (Lipinski definition) is 3. The van der Waals surface area contributed by atoms with Gasteiger partial charge < -0.3 is 14.5 Å². The maximum atomic E-state index is 13.1. The summed E-state index contributed by atoms with van der Waals surface area (Å²) in [5.74, 6) is -0.895. The van der Waals surface area contributed by atoms with E-state index in [9.17, 15) is 22.8 Å². The maximum absolute atomic E-state index is 13.1. The fourth-order valence-electron chi connectivity index (χ4n) is 3.01. The lowest BCUT2D eigenvalue weighted by atomic mass is 10.1. The van der Waals surface area contributed by atoms with Gasteiger partial charge in [0.15, 0.2) is 0 Å². The molecule has 0 aromatic heterocycles. The van der Waals surface area contributed by atoms with Crippen LogP contribution < -0.4 is 0 Å². The van der Waals surface area contributed by atoms with Crippen LogP contribution in [0.5, 0.6) is 0 Å². The second kappa shape index (κ2) is 5.52. The van der Waals surface area contributed by atoms with Crippen LogP contribution in [0.1, 0.15) is 15.9 Å². The zero-order valence-electron chi connectivity index (χ0n) is 12.3. The summed E-state index contributed by atoms with van der Waals surface area (Å²) in [6, 6.07) is 4.39. The van der Waals surface area contributed by atoms with Gasteiger partial charge in [-0.15, -0.1) is 0 Å². The van der Waals surface area contributed by atoms with E-state index < -0.39 is 17.6 Å². The molecule has 2 saturated heterocycles. The lowest BCUT2D eigenvalue weighted by Crippen LogP contribution is -2.51. The van der Waals surface area contributed by atoms with E-state index in [0.717, 1.165) is 6.07 Å². The summed E-state index contributed by atoms with van der Waals surface area (Å²) in [5.41, 5.74) is -1.34. The Morgan fingerprint density at radius 1 is 1.26 bits per heavy atom. The molecule has 0 unspecified atom stereocenters. The van der Waals surface area contributed by atoms with E-state index in [1.165, 1.54) is 28.0 Å². The second-order valence-electron chi connectivity index (χ2n) is 5.67. The van der Waals surface area contributed by atoms with Crippen LogP contribution in [0, 0.1) is 0 Å². The molecule has 0 aliphatic carbocycles. The van der Waals surface area contributed by atoms with Crippen LogP contribution in [0.25, 0.3) is 0 Å². The van der Waals surface area contributed by atoms with Gasteiger partial charge in [0.1, 0.15) is 6.61 Å². The third kappa shape index (κ3) is 2.78. The zero-order chi connectivity index (χ0) is 16.8. The molecular weight excluding hydrogens is 313 g/mol. The average Bonchev–Trinajstić information content (AvgIpc) is 2.94. The zero-order valence-corrected chi connectivity index (χ0v) is 12.3. The Morgan fingerprint density at radius 3 is 2.65 bits per heavy atom. The van der Waals surface area contributed by atoms with Gasteiger partial charge in [-0.25, -0.2) is 0 Å². The molecule has 0 bridgehead atoms. The number of rotatable bonds is 1. The first-order valence-corrected chi connectivity index (χ1v) is 7.12. The lowest BCUT2D eigenvalue weighted by Gasteiger charge is -2.33. The first-order valence-electron chi connectivity index (χ1n) is 7.12. The highest BCUT2D eigenvalue weighted by molar-refractivity contribution is 5.96. The largest absolute Gasteiger partial charge is 0.417 e. The first-order chi connectivity index (χ1) is 10.8. The van der Waals surface area contributed by atoms with Crippen molar-refractivity contribution < 1.29 is 27.5 Å². The van der Waals surface area contributed by atoms with Gasteiger partial charge in [-0.1, -0.05) is 12.1 Å². The van der Waals surface area contributed by atoms with Crippen molar-refractivity contribution in [1.29, 1.82) is 0 Å². The number of hydrogen-bond donors (Lipinski definition) is 0. The summed E-state index contributed by atoms with van der Waals surface area (Å²) in [5, 5.41) is 0. The summed E-state index contributed by atoms with van der Waals surface area (Å²) < 4.78 is 44.6. The van der Waals surface area contributed by atoms with Gasteiger partial charge in [0.2, 0.25) is 5.91 Å². The number of ether oxygens (including phenoxy) is 1. The van der Waals surface area contributed by atoms with Gasteiger partial charge in [0.05, 0.1) is 23.3 Å². The number of carbonyl (C=O) groups excluding carboxylic acids is 2. The van der Waals surface area contributed by atoms with Crippen LogP contribution in [0.15, 0.2) is 24.3 Å². The standard InChI is InChI=1S/C15H15F3N2O3/c1-19-11-6-20(7-12(11)23-8-13(19)21)14(22)9-4-2-3-5-10(9)15(16,17)18/h2-5,11-12H,6-8H2,1H3/t11-,12-/m0/s1. The lowest BCUT2D eigenvalue weighted by molar-refractivity contribution is -0.150. The van der Waals surface area contributed by atoms with Crippen molar-refractivity contribution in [3.63, 3.8) is 0 Å². The number of likely N-dealkylation sites (N-methyl/N-ethyl adjacent to an activating group) is 1. The number of likely N-dealkylation sites (tertiary alicyclic amines) is 1. The number of fused-ring (bicyclic) bond motifs is 1. The highest BCUT2D eigenvalue weighted by Gasteiger charge is 2.44. The normalized spacial score (nSPS) is 24.8. The smallest absolute Gasteiger partial charge is 0.364 e. The van der Waals surface area contributed by atoms with Crippen molar-refractivity contribution in [3.8, 4) is 0 Å². The highest BCUT2D eigenvalue weighted by Crippen LogP contribution is 2.33. The number of carbonyl (C=O) groups is 2. The molecule has 0 radical (unpaired) electrons. The molecule has 1 aromatic rings. The van der Waals surface area contributed by atoms with Crippen LogP contribution in [-0.2, 0) is 15.7 Å². The third-order valence-corrected chi connectivity index (χ3v) is 4.30. The molecule has 2 aliphatic rings. The molecule has 1 aromatic carbocycles. The Morgan fingerprint density at radius 2 is 1.96 bits per heavy atom. The van der Waals surface area contributed by atoms with E-state index in [1.54, 1.807) is 7.05 Å². The number of benzene rings is 1.